The second kappa shape index (κ2) is 28.5. The maximum atomic E-state index is 5.56. The van der Waals surface area contributed by atoms with Crippen molar-refractivity contribution in [1.82, 2.24) is 0 Å². The molecule has 0 aromatic heterocycles. The molecule has 0 aliphatic rings. The Labute approximate surface area is 222 Å². The summed E-state index contributed by atoms with van der Waals surface area (Å²) in [5, 5.41) is 0. The molecule has 0 amide bonds. The van der Waals surface area contributed by atoms with E-state index in [0.717, 1.165) is 30.7 Å². The fourth-order valence-corrected chi connectivity index (χ4v) is 5.08. The van der Waals surface area contributed by atoms with E-state index in [4.69, 9.17) is 9.78 Å². The number of unbranched alkanes of at least 4 members (excludes halogenated alkanes) is 20. The molecule has 212 valence electrons. The van der Waals surface area contributed by atoms with E-state index in [0.29, 0.717) is 0 Å². The van der Waals surface area contributed by atoms with Gasteiger partial charge in [0.1, 0.15) is 13.2 Å². The summed E-state index contributed by atoms with van der Waals surface area (Å²) in [5.41, 5.74) is 0. The molecular weight excluding hydrogens is 430 g/mol. The van der Waals surface area contributed by atoms with Crippen molar-refractivity contribution < 1.29 is 14.3 Å². The highest BCUT2D eigenvalue weighted by atomic mass is 17.2. The lowest BCUT2D eigenvalue weighted by molar-refractivity contribution is -0.911. The quantitative estimate of drug-likeness (QED) is 0.0424. The van der Waals surface area contributed by atoms with Crippen LogP contribution in [-0.2, 0) is 9.78 Å². The number of likely N-dealkylation sites (N-methyl/N-ethyl adjacent to an activating group) is 1. The molecule has 35 heavy (non-hydrogen) atoms. The zero-order valence-corrected chi connectivity index (χ0v) is 25.1. The standard InChI is InChI=1S/C32H68NO2/c1-5-8-11-13-15-17-19-21-23-25-28-33(4,30-32-35-34-31-27-10-7-3)29-26-24-22-20-18-16-14-12-9-6-2/h5-32H2,1-4H3/q+1. The van der Waals surface area contributed by atoms with E-state index in [9.17, 15) is 0 Å². The fraction of sp³-hybridized carbons (Fsp3) is 1.00. The van der Waals surface area contributed by atoms with Gasteiger partial charge in [-0.1, -0.05) is 136 Å². The van der Waals surface area contributed by atoms with Crippen molar-refractivity contribution in [2.75, 3.05) is 39.9 Å². The highest BCUT2D eigenvalue weighted by Gasteiger charge is 2.20. The van der Waals surface area contributed by atoms with Gasteiger partial charge in [0, 0.05) is 0 Å². The van der Waals surface area contributed by atoms with E-state index in [2.05, 4.69) is 27.8 Å². The molecule has 0 bridgehead atoms. The lowest BCUT2D eigenvalue weighted by Gasteiger charge is -2.34. The number of nitrogens with zero attached hydrogens (tertiary/aromatic N) is 1. The van der Waals surface area contributed by atoms with Crippen LogP contribution in [0.5, 0.6) is 0 Å². The van der Waals surface area contributed by atoms with Crippen LogP contribution in [0.15, 0.2) is 0 Å². The van der Waals surface area contributed by atoms with Gasteiger partial charge in [-0.15, -0.1) is 0 Å². The van der Waals surface area contributed by atoms with Crippen LogP contribution in [0.2, 0.25) is 0 Å². The van der Waals surface area contributed by atoms with Crippen LogP contribution in [0.3, 0.4) is 0 Å². The molecule has 3 heteroatoms. The first-order chi connectivity index (χ1) is 17.2. The van der Waals surface area contributed by atoms with E-state index in [-0.39, 0.29) is 0 Å². The molecule has 0 spiro atoms. The van der Waals surface area contributed by atoms with Crippen LogP contribution in [0.25, 0.3) is 0 Å². The van der Waals surface area contributed by atoms with Crippen molar-refractivity contribution in [1.29, 1.82) is 0 Å². The van der Waals surface area contributed by atoms with Crippen molar-refractivity contribution in [3.8, 4) is 0 Å². The summed E-state index contributed by atoms with van der Waals surface area (Å²) in [6, 6.07) is 0. The van der Waals surface area contributed by atoms with Crippen LogP contribution >= 0.6 is 0 Å². The molecule has 3 nitrogen and oxygen atoms in total. The van der Waals surface area contributed by atoms with Gasteiger partial charge in [0.2, 0.25) is 0 Å². The predicted octanol–water partition coefficient (Wildman–Crippen LogP) is 10.4. The van der Waals surface area contributed by atoms with Gasteiger partial charge in [-0.2, -0.15) is 0 Å². The number of rotatable bonds is 30. The van der Waals surface area contributed by atoms with Gasteiger partial charge < -0.3 is 4.48 Å². The van der Waals surface area contributed by atoms with Crippen molar-refractivity contribution in [3.05, 3.63) is 0 Å². The Bertz CT molecular complexity index is 364. The molecule has 0 aromatic rings. The third-order valence-electron chi connectivity index (χ3n) is 7.73. The molecule has 0 heterocycles. The van der Waals surface area contributed by atoms with Crippen molar-refractivity contribution in [2.24, 2.45) is 0 Å². The Morgan fingerprint density at radius 2 is 0.657 bits per heavy atom. The first kappa shape index (κ1) is 34.9. The van der Waals surface area contributed by atoms with Gasteiger partial charge in [0.05, 0.1) is 26.7 Å². The van der Waals surface area contributed by atoms with E-state index in [1.807, 2.05) is 0 Å². The summed E-state index contributed by atoms with van der Waals surface area (Å²) in [6.45, 7) is 12.0. The molecule has 0 atom stereocenters. The molecule has 0 aliphatic carbocycles. The Balaban J connectivity index is 4.02. The van der Waals surface area contributed by atoms with Crippen molar-refractivity contribution in [3.63, 3.8) is 0 Å². The minimum absolute atomic E-state index is 0.734. The van der Waals surface area contributed by atoms with E-state index < -0.39 is 0 Å². The Kier molecular flexibility index (Phi) is 28.4. The van der Waals surface area contributed by atoms with Crippen molar-refractivity contribution in [2.45, 2.75) is 168 Å². The van der Waals surface area contributed by atoms with Crippen LogP contribution in [0.4, 0.5) is 0 Å². The van der Waals surface area contributed by atoms with Gasteiger partial charge in [0.15, 0.2) is 0 Å². The van der Waals surface area contributed by atoms with Gasteiger partial charge in [-0.05, 0) is 32.1 Å². The van der Waals surface area contributed by atoms with Crippen molar-refractivity contribution >= 4 is 0 Å². The summed E-state index contributed by atoms with van der Waals surface area (Å²) in [4.78, 5) is 11.0. The third kappa shape index (κ3) is 26.7. The summed E-state index contributed by atoms with van der Waals surface area (Å²) < 4.78 is 1.16. The summed E-state index contributed by atoms with van der Waals surface area (Å²) in [5.74, 6) is 0. The minimum Gasteiger partial charge on any atom is -0.324 e. The van der Waals surface area contributed by atoms with Gasteiger partial charge in [-0.3, -0.25) is 0 Å². The first-order valence-corrected chi connectivity index (χ1v) is 16.3. The van der Waals surface area contributed by atoms with Crippen LogP contribution < -0.4 is 0 Å². The summed E-state index contributed by atoms with van der Waals surface area (Å²) >= 11 is 0. The zero-order valence-electron chi connectivity index (χ0n) is 25.1. The van der Waals surface area contributed by atoms with Crippen LogP contribution in [-0.4, -0.2) is 44.4 Å². The van der Waals surface area contributed by atoms with Gasteiger partial charge in [-0.25, -0.2) is 9.78 Å². The largest absolute Gasteiger partial charge is 0.324 e. The Morgan fingerprint density at radius 1 is 0.343 bits per heavy atom. The molecule has 0 rings (SSSR count). The Morgan fingerprint density at radius 3 is 1.06 bits per heavy atom. The predicted molar refractivity (Wildman–Crippen MR) is 156 cm³/mol. The smallest absolute Gasteiger partial charge is 0.131 e. The number of hydrogen-bond donors (Lipinski definition) is 0. The average Bonchev–Trinajstić information content (AvgIpc) is 2.86. The topological polar surface area (TPSA) is 18.5 Å². The minimum atomic E-state index is 0.734. The van der Waals surface area contributed by atoms with E-state index in [1.54, 1.807) is 0 Å². The molecule has 0 saturated carbocycles. The highest BCUT2D eigenvalue weighted by molar-refractivity contribution is 4.51. The SMILES string of the molecule is CCCCCCCCCCCC[N+](C)(CCCCCCCCCCCC)CCOOCCCCC. The lowest BCUT2D eigenvalue weighted by Crippen LogP contribution is -2.47. The number of hydrogen-bond acceptors (Lipinski definition) is 2. The molecule has 0 saturated heterocycles. The second-order valence-electron chi connectivity index (χ2n) is 11.5. The summed E-state index contributed by atoms with van der Waals surface area (Å²) in [7, 11) is 2.46. The molecule has 0 radical (unpaired) electrons. The van der Waals surface area contributed by atoms with Crippen LogP contribution in [0.1, 0.15) is 168 Å². The zero-order chi connectivity index (χ0) is 25.7. The normalized spacial score (nSPS) is 12.0. The first-order valence-electron chi connectivity index (χ1n) is 16.3. The average molecular weight is 499 g/mol. The molecule has 0 unspecified atom stereocenters. The second-order valence-corrected chi connectivity index (χ2v) is 11.5. The van der Waals surface area contributed by atoms with E-state index in [1.165, 1.54) is 154 Å². The molecule has 0 fully saturated rings. The van der Waals surface area contributed by atoms with Gasteiger partial charge in [0.25, 0.3) is 0 Å². The maximum absolute atomic E-state index is 5.56. The summed E-state index contributed by atoms with van der Waals surface area (Å²) in [6.07, 6.45) is 31.9. The van der Waals surface area contributed by atoms with E-state index >= 15 is 0 Å². The lowest BCUT2D eigenvalue weighted by atomic mass is 10.1. The monoisotopic (exact) mass is 499 g/mol. The molecule has 0 aromatic carbocycles. The maximum Gasteiger partial charge on any atom is 0.131 e. The fourth-order valence-electron chi connectivity index (χ4n) is 5.08. The van der Waals surface area contributed by atoms with Gasteiger partial charge >= 0.3 is 0 Å². The molecule has 0 aliphatic heterocycles. The van der Waals surface area contributed by atoms with Crippen LogP contribution in [0, 0.1) is 0 Å². The highest BCUT2D eigenvalue weighted by Crippen LogP contribution is 2.15. The Hall–Kier alpha value is -0.120. The number of quaternary nitrogens is 1. The molecular formula is C32H68NO2+. The molecule has 0 N–H and O–H groups in total. The third-order valence-corrected chi connectivity index (χ3v) is 7.73.